The summed E-state index contributed by atoms with van der Waals surface area (Å²) in [6.45, 7) is 7.29. The molecule has 0 amide bonds. The number of hydrogen-bond donors (Lipinski definition) is 1. The number of rotatable bonds is 4. The molecule has 1 aromatic heterocycles. The summed E-state index contributed by atoms with van der Waals surface area (Å²) in [5.41, 5.74) is 1.31. The molecule has 1 aliphatic heterocycles. The molecule has 108 valence electrons. The predicted octanol–water partition coefficient (Wildman–Crippen LogP) is 3.90. The molecule has 1 N–H and O–H groups in total. The average Bonchev–Trinajstić information content (AvgIpc) is 2.89. The van der Waals surface area contributed by atoms with E-state index in [2.05, 4.69) is 31.3 Å². The lowest BCUT2D eigenvalue weighted by atomic mass is 9.82. The van der Waals surface area contributed by atoms with Crippen LogP contribution in [-0.2, 0) is 4.74 Å². The third-order valence-electron chi connectivity index (χ3n) is 4.41. The van der Waals surface area contributed by atoms with Crippen molar-refractivity contribution >= 4 is 11.0 Å². The number of benzene rings is 1. The van der Waals surface area contributed by atoms with Crippen LogP contribution in [0.1, 0.15) is 38.5 Å². The third-order valence-corrected chi connectivity index (χ3v) is 4.41. The van der Waals surface area contributed by atoms with E-state index in [-0.39, 0.29) is 6.04 Å². The van der Waals surface area contributed by atoms with Crippen molar-refractivity contribution in [1.82, 2.24) is 5.32 Å². The maximum Gasteiger partial charge on any atom is 0.134 e. The second-order valence-electron chi connectivity index (χ2n) is 6.21. The Morgan fingerprint density at radius 3 is 2.75 bits per heavy atom. The smallest absolute Gasteiger partial charge is 0.134 e. The van der Waals surface area contributed by atoms with Crippen molar-refractivity contribution in [1.29, 1.82) is 0 Å². The van der Waals surface area contributed by atoms with E-state index >= 15 is 0 Å². The molecule has 0 spiro atoms. The van der Waals surface area contributed by atoms with Crippen molar-refractivity contribution in [3.63, 3.8) is 0 Å². The Morgan fingerprint density at radius 1 is 1.25 bits per heavy atom. The highest BCUT2D eigenvalue weighted by Crippen LogP contribution is 2.30. The summed E-state index contributed by atoms with van der Waals surface area (Å²) in [7, 11) is 0. The number of nitrogens with one attached hydrogen (secondary N) is 1. The maximum absolute atomic E-state index is 5.92. The molecule has 0 bridgehead atoms. The van der Waals surface area contributed by atoms with Crippen LogP contribution in [0.3, 0.4) is 0 Å². The fourth-order valence-corrected chi connectivity index (χ4v) is 2.76. The molecule has 0 radical (unpaired) electrons. The van der Waals surface area contributed by atoms with E-state index in [1.807, 2.05) is 18.2 Å². The summed E-state index contributed by atoms with van der Waals surface area (Å²) in [6.07, 6.45) is 2.26. The topological polar surface area (TPSA) is 34.4 Å². The van der Waals surface area contributed by atoms with Crippen molar-refractivity contribution in [3.05, 3.63) is 36.1 Å². The Balaban J connectivity index is 1.65. The lowest BCUT2D eigenvalue weighted by Gasteiger charge is -2.34. The van der Waals surface area contributed by atoms with Crippen LogP contribution in [0, 0.1) is 5.41 Å². The zero-order valence-corrected chi connectivity index (χ0v) is 12.3. The number of ether oxygens (including phenoxy) is 1. The monoisotopic (exact) mass is 273 g/mol. The predicted molar refractivity (Wildman–Crippen MR) is 80.8 cm³/mol. The van der Waals surface area contributed by atoms with Gasteiger partial charge in [0.2, 0.25) is 0 Å². The molecule has 2 aromatic rings. The van der Waals surface area contributed by atoms with Crippen LogP contribution < -0.4 is 5.32 Å². The van der Waals surface area contributed by atoms with E-state index in [4.69, 9.17) is 9.15 Å². The van der Waals surface area contributed by atoms with Crippen LogP contribution >= 0.6 is 0 Å². The quantitative estimate of drug-likeness (QED) is 0.917. The van der Waals surface area contributed by atoms with Crippen molar-refractivity contribution in [2.45, 2.75) is 32.7 Å². The van der Waals surface area contributed by atoms with Crippen LogP contribution in [0.25, 0.3) is 11.0 Å². The van der Waals surface area contributed by atoms with Gasteiger partial charge in [-0.25, -0.2) is 0 Å². The highest BCUT2D eigenvalue weighted by Gasteiger charge is 2.27. The summed E-state index contributed by atoms with van der Waals surface area (Å²) in [4.78, 5) is 0. The molecule has 0 saturated carbocycles. The van der Waals surface area contributed by atoms with Gasteiger partial charge in [0, 0.05) is 25.1 Å². The van der Waals surface area contributed by atoms with E-state index < -0.39 is 0 Å². The number of fused-ring (bicyclic) bond motifs is 1. The first-order valence-electron chi connectivity index (χ1n) is 7.46. The molecule has 1 fully saturated rings. The normalized spacial score (nSPS) is 20.1. The minimum atomic E-state index is 0.238. The Kier molecular flexibility index (Phi) is 3.81. The number of hydrogen-bond acceptors (Lipinski definition) is 3. The van der Waals surface area contributed by atoms with Gasteiger partial charge in [-0.15, -0.1) is 0 Å². The first-order valence-corrected chi connectivity index (χ1v) is 7.46. The summed E-state index contributed by atoms with van der Waals surface area (Å²) in [5.74, 6) is 1.02. The maximum atomic E-state index is 5.92. The average molecular weight is 273 g/mol. The van der Waals surface area contributed by atoms with E-state index in [0.29, 0.717) is 5.41 Å². The minimum Gasteiger partial charge on any atom is -0.459 e. The molecule has 1 aliphatic rings. The Bertz CT molecular complexity index is 536. The van der Waals surface area contributed by atoms with Gasteiger partial charge in [0.15, 0.2) is 0 Å². The van der Waals surface area contributed by atoms with Crippen LogP contribution in [0.5, 0.6) is 0 Å². The first kappa shape index (κ1) is 13.7. The second kappa shape index (κ2) is 5.58. The highest BCUT2D eigenvalue weighted by atomic mass is 16.5. The first-order chi connectivity index (χ1) is 9.66. The lowest BCUT2D eigenvalue weighted by Crippen LogP contribution is -2.37. The van der Waals surface area contributed by atoms with Gasteiger partial charge in [-0.1, -0.05) is 25.1 Å². The molecule has 1 aromatic carbocycles. The van der Waals surface area contributed by atoms with Crippen LogP contribution in [0.15, 0.2) is 34.7 Å². The van der Waals surface area contributed by atoms with Gasteiger partial charge in [-0.2, -0.15) is 0 Å². The molecule has 3 rings (SSSR count). The molecule has 1 unspecified atom stereocenters. The van der Waals surface area contributed by atoms with Gasteiger partial charge in [0.05, 0.1) is 6.04 Å². The number of furan rings is 1. The van der Waals surface area contributed by atoms with Crippen molar-refractivity contribution < 1.29 is 9.15 Å². The summed E-state index contributed by atoms with van der Waals surface area (Å²) in [5, 5.41) is 4.80. The third kappa shape index (κ3) is 2.89. The van der Waals surface area contributed by atoms with E-state index in [9.17, 15) is 0 Å². The SMILES string of the molecule is CC(NCC1(C)CCOCC1)c1cc2ccccc2o1. The molecule has 1 saturated heterocycles. The van der Waals surface area contributed by atoms with E-state index in [1.165, 1.54) is 5.39 Å². The van der Waals surface area contributed by atoms with Crippen molar-refractivity contribution in [3.8, 4) is 0 Å². The molecule has 3 heteroatoms. The van der Waals surface area contributed by atoms with Crippen LogP contribution in [0.2, 0.25) is 0 Å². The molecule has 20 heavy (non-hydrogen) atoms. The van der Waals surface area contributed by atoms with Crippen LogP contribution in [0.4, 0.5) is 0 Å². The molecular weight excluding hydrogens is 250 g/mol. The summed E-state index contributed by atoms with van der Waals surface area (Å²) in [6, 6.07) is 10.5. The van der Waals surface area contributed by atoms with Gasteiger partial charge in [0.25, 0.3) is 0 Å². The standard InChI is InChI=1S/C17H23NO2/c1-13(18-12-17(2)7-9-19-10-8-17)16-11-14-5-3-4-6-15(14)20-16/h3-6,11,13,18H,7-10,12H2,1-2H3. The Morgan fingerprint density at radius 2 is 2.00 bits per heavy atom. The van der Waals surface area contributed by atoms with Crippen molar-refractivity contribution in [2.75, 3.05) is 19.8 Å². The van der Waals surface area contributed by atoms with Gasteiger partial charge in [-0.3, -0.25) is 0 Å². The fourth-order valence-electron chi connectivity index (χ4n) is 2.76. The largest absolute Gasteiger partial charge is 0.459 e. The van der Waals surface area contributed by atoms with Gasteiger partial charge in [0.1, 0.15) is 11.3 Å². The second-order valence-corrected chi connectivity index (χ2v) is 6.21. The molecule has 2 heterocycles. The Labute approximate surface area is 120 Å². The zero-order valence-electron chi connectivity index (χ0n) is 12.3. The molecule has 0 aliphatic carbocycles. The molecule has 3 nitrogen and oxygen atoms in total. The molecule has 1 atom stereocenters. The highest BCUT2D eigenvalue weighted by molar-refractivity contribution is 5.77. The van der Waals surface area contributed by atoms with E-state index in [0.717, 1.165) is 43.9 Å². The van der Waals surface area contributed by atoms with Gasteiger partial charge < -0.3 is 14.5 Å². The van der Waals surface area contributed by atoms with Gasteiger partial charge >= 0.3 is 0 Å². The van der Waals surface area contributed by atoms with Crippen LogP contribution in [-0.4, -0.2) is 19.8 Å². The number of para-hydroxylation sites is 1. The summed E-state index contributed by atoms with van der Waals surface area (Å²) < 4.78 is 11.4. The van der Waals surface area contributed by atoms with Crippen molar-refractivity contribution in [2.24, 2.45) is 5.41 Å². The fraction of sp³-hybridized carbons (Fsp3) is 0.529. The summed E-state index contributed by atoms with van der Waals surface area (Å²) >= 11 is 0. The minimum absolute atomic E-state index is 0.238. The zero-order chi connectivity index (χ0) is 14.0. The Hall–Kier alpha value is -1.32. The van der Waals surface area contributed by atoms with E-state index in [1.54, 1.807) is 0 Å². The molecular formula is C17H23NO2. The van der Waals surface area contributed by atoms with Gasteiger partial charge in [-0.05, 0) is 37.3 Å². The lowest BCUT2D eigenvalue weighted by molar-refractivity contribution is 0.0228.